The van der Waals surface area contributed by atoms with Crippen LogP contribution in [0.25, 0.3) is 0 Å². The third-order valence-electron chi connectivity index (χ3n) is 4.34. The summed E-state index contributed by atoms with van der Waals surface area (Å²) in [6.45, 7) is 7.43. The number of pyridine rings is 1. The number of amides is 1. The molecule has 3 heteroatoms. The predicted molar refractivity (Wildman–Crippen MR) is 81.9 cm³/mol. The maximum atomic E-state index is 12.4. The van der Waals surface area contributed by atoms with Gasteiger partial charge in [0.1, 0.15) is 0 Å². The van der Waals surface area contributed by atoms with Gasteiger partial charge in [0, 0.05) is 24.5 Å². The van der Waals surface area contributed by atoms with Crippen molar-refractivity contribution in [1.29, 1.82) is 0 Å². The molecule has 0 saturated carbocycles. The summed E-state index contributed by atoms with van der Waals surface area (Å²) in [5.41, 5.74) is 1.83. The van der Waals surface area contributed by atoms with E-state index in [-0.39, 0.29) is 5.91 Å². The van der Waals surface area contributed by atoms with Crippen molar-refractivity contribution in [2.75, 3.05) is 6.54 Å². The Morgan fingerprint density at radius 1 is 1.50 bits per heavy atom. The Balaban J connectivity index is 2.02. The van der Waals surface area contributed by atoms with Crippen molar-refractivity contribution in [3.05, 3.63) is 29.6 Å². The first kappa shape index (κ1) is 15.0. The predicted octanol–water partition coefficient (Wildman–Crippen LogP) is 4.00. The fraction of sp³-hybridized carbons (Fsp3) is 0.647. The first-order valence-corrected chi connectivity index (χ1v) is 7.90. The number of aromatic nitrogens is 1. The van der Waals surface area contributed by atoms with E-state index in [1.807, 2.05) is 17.0 Å². The maximum absolute atomic E-state index is 12.4. The Labute approximate surface area is 122 Å². The first-order chi connectivity index (χ1) is 9.63. The number of likely N-dealkylation sites (tertiary alicyclic amines) is 1. The Hall–Kier alpha value is -1.38. The number of nitrogens with zero attached hydrogens (tertiary/aromatic N) is 2. The quantitative estimate of drug-likeness (QED) is 0.813. The van der Waals surface area contributed by atoms with Crippen LogP contribution in [0.5, 0.6) is 0 Å². The van der Waals surface area contributed by atoms with E-state index in [4.69, 9.17) is 0 Å². The van der Waals surface area contributed by atoms with E-state index in [0.29, 0.717) is 12.0 Å². The summed E-state index contributed by atoms with van der Waals surface area (Å²) in [5, 5.41) is 0. The summed E-state index contributed by atoms with van der Waals surface area (Å²) >= 11 is 0. The van der Waals surface area contributed by atoms with Crippen LogP contribution in [0, 0.1) is 0 Å². The molecule has 2 atom stereocenters. The van der Waals surface area contributed by atoms with Gasteiger partial charge in [0.25, 0.3) is 5.91 Å². The van der Waals surface area contributed by atoms with Crippen molar-refractivity contribution < 1.29 is 4.79 Å². The van der Waals surface area contributed by atoms with Gasteiger partial charge in [-0.25, -0.2) is 0 Å². The lowest BCUT2D eigenvalue weighted by Crippen LogP contribution is -2.33. The van der Waals surface area contributed by atoms with Gasteiger partial charge >= 0.3 is 0 Å². The van der Waals surface area contributed by atoms with Gasteiger partial charge in [0.15, 0.2) is 0 Å². The van der Waals surface area contributed by atoms with Crippen molar-refractivity contribution in [1.82, 2.24) is 9.88 Å². The minimum absolute atomic E-state index is 0.135. The maximum Gasteiger partial charge on any atom is 0.255 e. The Kier molecular flexibility index (Phi) is 5.16. The molecule has 3 nitrogen and oxygen atoms in total. The van der Waals surface area contributed by atoms with Crippen LogP contribution in [-0.4, -0.2) is 28.4 Å². The molecular formula is C17H26N2O. The van der Waals surface area contributed by atoms with E-state index in [0.717, 1.165) is 30.6 Å². The molecule has 0 bridgehead atoms. The molecule has 1 aliphatic rings. The van der Waals surface area contributed by atoms with E-state index < -0.39 is 0 Å². The summed E-state index contributed by atoms with van der Waals surface area (Å²) in [6.07, 6.45) is 7.60. The molecular weight excluding hydrogens is 248 g/mol. The number of hydrogen-bond acceptors (Lipinski definition) is 2. The summed E-state index contributed by atoms with van der Waals surface area (Å²) in [4.78, 5) is 18.9. The third-order valence-corrected chi connectivity index (χ3v) is 4.34. The first-order valence-electron chi connectivity index (χ1n) is 7.90. The smallest absolute Gasteiger partial charge is 0.255 e. The van der Waals surface area contributed by atoms with Crippen molar-refractivity contribution in [2.24, 2.45) is 0 Å². The van der Waals surface area contributed by atoms with E-state index >= 15 is 0 Å². The third kappa shape index (κ3) is 3.38. The van der Waals surface area contributed by atoms with Gasteiger partial charge in [-0.15, -0.1) is 0 Å². The number of carbonyl (C=O) groups excluding carboxylic acids is 1. The lowest BCUT2D eigenvalue weighted by atomic mass is 10.00. The molecule has 2 unspecified atom stereocenters. The number of rotatable bonds is 5. The molecule has 0 aliphatic carbocycles. The lowest BCUT2D eigenvalue weighted by Gasteiger charge is -2.21. The van der Waals surface area contributed by atoms with Gasteiger partial charge < -0.3 is 4.90 Å². The summed E-state index contributed by atoms with van der Waals surface area (Å²) in [7, 11) is 0. The molecule has 1 aliphatic heterocycles. The van der Waals surface area contributed by atoms with Crippen molar-refractivity contribution >= 4 is 5.91 Å². The monoisotopic (exact) mass is 274 g/mol. The van der Waals surface area contributed by atoms with Crippen LogP contribution in [0.3, 0.4) is 0 Å². The molecule has 20 heavy (non-hydrogen) atoms. The van der Waals surface area contributed by atoms with Gasteiger partial charge in [-0.1, -0.05) is 26.7 Å². The van der Waals surface area contributed by atoms with Crippen molar-refractivity contribution in [3.63, 3.8) is 0 Å². The number of carbonyl (C=O) groups is 1. The summed E-state index contributed by atoms with van der Waals surface area (Å²) < 4.78 is 0. The molecule has 2 rings (SSSR count). The van der Waals surface area contributed by atoms with Crippen LogP contribution < -0.4 is 0 Å². The van der Waals surface area contributed by atoms with Crippen LogP contribution in [0.1, 0.15) is 74.8 Å². The number of unbranched alkanes of at least 4 members (excludes halogenated alkanes) is 1. The van der Waals surface area contributed by atoms with Gasteiger partial charge in [0.2, 0.25) is 0 Å². The topological polar surface area (TPSA) is 33.2 Å². The summed E-state index contributed by atoms with van der Waals surface area (Å²) in [5.74, 6) is 0.611. The van der Waals surface area contributed by atoms with Gasteiger partial charge in [-0.05, 0) is 44.2 Å². The lowest BCUT2D eigenvalue weighted by molar-refractivity contribution is 0.0747. The van der Waals surface area contributed by atoms with Crippen LogP contribution in [-0.2, 0) is 0 Å². The fourth-order valence-corrected chi connectivity index (χ4v) is 2.88. The molecule has 1 amide bonds. The highest BCUT2D eigenvalue weighted by atomic mass is 16.2. The molecule has 2 heterocycles. The average Bonchev–Trinajstić information content (AvgIpc) is 2.90. The van der Waals surface area contributed by atoms with Crippen LogP contribution in [0.15, 0.2) is 18.3 Å². The van der Waals surface area contributed by atoms with Gasteiger partial charge in [0.05, 0.1) is 5.56 Å². The Bertz CT molecular complexity index is 441. The molecule has 110 valence electrons. The molecule has 1 fully saturated rings. The van der Waals surface area contributed by atoms with E-state index in [1.165, 1.54) is 19.3 Å². The van der Waals surface area contributed by atoms with Crippen LogP contribution in [0.2, 0.25) is 0 Å². The average molecular weight is 274 g/mol. The molecule has 1 aromatic heterocycles. The van der Waals surface area contributed by atoms with Crippen molar-refractivity contribution in [2.45, 2.75) is 64.8 Å². The van der Waals surface area contributed by atoms with E-state index in [2.05, 4.69) is 25.8 Å². The second-order valence-corrected chi connectivity index (χ2v) is 6.00. The molecule has 0 aromatic carbocycles. The van der Waals surface area contributed by atoms with Crippen LogP contribution >= 0.6 is 0 Å². The zero-order chi connectivity index (χ0) is 14.5. The normalized spacial score (nSPS) is 20.1. The number of hydrogen-bond donors (Lipinski definition) is 0. The van der Waals surface area contributed by atoms with Gasteiger partial charge in [-0.3, -0.25) is 9.78 Å². The molecule has 1 saturated heterocycles. The summed E-state index contributed by atoms with van der Waals surface area (Å²) in [6, 6.07) is 4.33. The molecule has 0 radical (unpaired) electrons. The molecule has 0 N–H and O–H groups in total. The Morgan fingerprint density at radius 3 is 2.85 bits per heavy atom. The second-order valence-electron chi connectivity index (χ2n) is 6.00. The largest absolute Gasteiger partial charge is 0.336 e. The van der Waals surface area contributed by atoms with Crippen LogP contribution in [0.4, 0.5) is 0 Å². The van der Waals surface area contributed by atoms with E-state index in [1.54, 1.807) is 6.20 Å². The minimum atomic E-state index is 0.135. The standard InChI is InChI=1S/C17H26N2O/c1-4-5-7-13(2)16-10-9-15(12-18-16)17(20)19-11-6-8-14(19)3/h9-10,12-14H,4-8,11H2,1-3H3. The minimum Gasteiger partial charge on any atom is -0.336 e. The molecule has 0 spiro atoms. The van der Waals surface area contributed by atoms with Crippen molar-refractivity contribution in [3.8, 4) is 0 Å². The highest BCUT2D eigenvalue weighted by molar-refractivity contribution is 5.94. The fourth-order valence-electron chi connectivity index (χ4n) is 2.88. The van der Waals surface area contributed by atoms with Gasteiger partial charge in [-0.2, -0.15) is 0 Å². The Morgan fingerprint density at radius 2 is 2.30 bits per heavy atom. The highest BCUT2D eigenvalue weighted by Gasteiger charge is 2.26. The van der Waals surface area contributed by atoms with E-state index in [9.17, 15) is 4.79 Å². The second kappa shape index (κ2) is 6.87. The zero-order valence-electron chi connectivity index (χ0n) is 12.9. The zero-order valence-corrected chi connectivity index (χ0v) is 12.9. The highest BCUT2D eigenvalue weighted by Crippen LogP contribution is 2.22. The molecule has 1 aromatic rings. The SMILES string of the molecule is CCCCC(C)c1ccc(C(=O)N2CCCC2C)cn1.